The van der Waals surface area contributed by atoms with E-state index < -0.39 is 0 Å². The summed E-state index contributed by atoms with van der Waals surface area (Å²) in [6, 6.07) is 18.1. The van der Waals surface area contributed by atoms with Crippen molar-refractivity contribution in [2.24, 2.45) is 5.92 Å². The Morgan fingerprint density at radius 1 is 1.12 bits per heavy atom. The number of urea groups is 1. The summed E-state index contributed by atoms with van der Waals surface area (Å²) >= 11 is 0. The first-order chi connectivity index (χ1) is 12.7. The first-order valence-electron chi connectivity index (χ1n) is 9.12. The standard InChI is InChI=1S/C21H27N3O2/c1-26-16-18-7-9-20(10-8-18)23-21(25)22-13-19-11-12-24(15-19)14-17-5-3-2-4-6-17/h2-10,19H,11-16H2,1H3,(H2,22,23,25). The fourth-order valence-electron chi connectivity index (χ4n) is 3.33. The molecule has 1 heterocycles. The van der Waals surface area contributed by atoms with E-state index in [1.807, 2.05) is 30.3 Å². The molecular formula is C21H27N3O2. The number of likely N-dealkylation sites (tertiary alicyclic amines) is 1. The molecule has 0 bridgehead atoms. The normalized spacial score (nSPS) is 17.2. The van der Waals surface area contributed by atoms with Gasteiger partial charge in [0.2, 0.25) is 0 Å². The fraction of sp³-hybridized carbons (Fsp3) is 0.381. The van der Waals surface area contributed by atoms with Crippen molar-refractivity contribution in [1.82, 2.24) is 10.2 Å². The van der Waals surface area contributed by atoms with Gasteiger partial charge in [-0.05, 0) is 42.1 Å². The number of methoxy groups -OCH3 is 1. The molecule has 1 aliphatic rings. The lowest BCUT2D eigenvalue weighted by molar-refractivity contribution is 0.185. The van der Waals surface area contributed by atoms with E-state index in [4.69, 9.17) is 4.74 Å². The first kappa shape index (κ1) is 18.4. The molecule has 2 aromatic rings. The van der Waals surface area contributed by atoms with E-state index in [2.05, 4.69) is 39.8 Å². The monoisotopic (exact) mass is 353 g/mol. The van der Waals surface area contributed by atoms with Gasteiger partial charge in [0, 0.05) is 32.4 Å². The summed E-state index contributed by atoms with van der Waals surface area (Å²) in [5.41, 5.74) is 3.22. The number of hydrogen-bond acceptors (Lipinski definition) is 3. The molecule has 0 aliphatic carbocycles. The van der Waals surface area contributed by atoms with Gasteiger partial charge in [-0.15, -0.1) is 0 Å². The first-order valence-corrected chi connectivity index (χ1v) is 9.12. The number of carbonyl (C=O) groups is 1. The van der Waals surface area contributed by atoms with Crippen molar-refractivity contribution in [2.75, 3.05) is 32.1 Å². The van der Waals surface area contributed by atoms with Gasteiger partial charge >= 0.3 is 6.03 Å². The van der Waals surface area contributed by atoms with Crippen LogP contribution in [-0.4, -0.2) is 37.7 Å². The van der Waals surface area contributed by atoms with Crippen molar-refractivity contribution in [3.8, 4) is 0 Å². The molecule has 0 radical (unpaired) electrons. The third-order valence-electron chi connectivity index (χ3n) is 4.69. The van der Waals surface area contributed by atoms with Crippen LogP contribution in [0, 0.1) is 5.92 Å². The van der Waals surface area contributed by atoms with Crippen LogP contribution in [-0.2, 0) is 17.9 Å². The van der Waals surface area contributed by atoms with E-state index >= 15 is 0 Å². The van der Waals surface area contributed by atoms with E-state index in [1.54, 1.807) is 7.11 Å². The molecule has 1 aliphatic heterocycles. The number of amides is 2. The third kappa shape index (κ3) is 5.58. The zero-order valence-corrected chi connectivity index (χ0v) is 15.3. The number of nitrogens with one attached hydrogen (secondary N) is 2. The van der Waals surface area contributed by atoms with Crippen LogP contribution < -0.4 is 10.6 Å². The van der Waals surface area contributed by atoms with Crippen LogP contribution in [0.1, 0.15) is 17.5 Å². The number of rotatable bonds is 7. The zero-order chi connectivity index (χ0) is 18.2. The van der Waals surface area contributed by atoms with Crippen LogP contribution in [0.4, 0.5) is 10.5 Å². The minimum absolute atomic E-state index is 0.147. The molecule has 1 fully saturated rings. The molecule has 3 rings (SSSR count). The van der Waals surface area contributed by atoms with Crippen molar-refractivity contribution < 1.29 is 9.53 Å². The Labute approximate surface area is 155 Å². The van der Waals surface area contributed by atoms with Crippen molar-refractivity contribution in [3.05, 3.63) is 65.7 Å². The molecule has 1 unspecified atom stereocenters. The molecular weight excluding hydrogens is 326 g/mol. The topological polar surface area (TPSA) is 53.6 Å². The van der Waals surface area contributed by atoms with Crippen LogP contribution >= 0.6 is 0 Å². The van der Waals surface area contributed by atoms with Gasteiger partial charge in [-0.25, -0.2) is 4.79 Å². The van der Waals surface area contributed by atoms with Gasteiger partial charge < -0.3 is 15.4 Å². The van der Waals surface area contributed by atoms with Gasteiger partial charge in [-0.2, -0.15) is 0 Å². The Balaban J connectivity index is 1.38. The molecule has 2 N–H and O–H groups in total. The Kier molecular flexibility index (Phi) is 6.63. The summed E-state index contributed by atoms with van der Waals surface area (Å²) < 4.78 is 5.09. The number of carbonyl (C=O) groups excluding carboxylic acids is 1. The van der Waals surface area contributed by atoms with E-state index in [9.17, 15) is 4.79 Å². The Morgan fingerprint density at radius 2 is 1.88 bits per heavy atom. The lowest BCUT2D eigenvalue weighted by Gasteiger charge is -2.16. The van der Waals surface area contributed by atoms with Gasteiger partial charge in [0.15, 0.2) is 0 Å². The minimum atomic E-state index is -0.147. The molecule has 1 saturated heterocycles. The second-order valence-electron chi connectivity index (χ2n) is 6.84. The summed E-state index contributed by atoms with van der Waals surface area (Å²) in [7, 11) is 1.67. The summed E-state index contributed by atoms with van der Waals surface area (Å²) in [4.78, 5) is 14.5. The molecule has 0 saturated carbocycles. The van der Waals surface area contributed by atoms with E-state index in [0.717, 1.165) is 37.3 Å². The van der Waals surface area contributed by atoms with E-state index in [-0.39, 0.29) is 6.03 Å². The maximum Gasteiger partial charge on any atom is 0.319 e. The molecule has 2 aromatic carbocycles. The lowest BCUT2D eigenvalue weighted by Crippen LogP contribution is -2.34. The minimum Gasteiger partial charge on any atom is -0.380 e. The predicted molar refractivity (Wildman–Crippen MR) is 104 cm³/mol. The van der Waals surface area contributed by atoms with Crippen molar-refractivity contribution in [2.45, 2.75) is 19.6 Å². The molecule has 26 heavy (non-hydrogen) atoms. The molecule has 5 heteroatoms. The van der Waals surface area contributed by atoms with Crippen LogP contribution in [0.5, 0.6) is 0 Å². The smallest absolute Gasteiger partial charge is 0.319 e. The summed E-state index contributed by atoms with van der Waals surface area (Å²) in [5, 5.41) is 5.88. The van der Waals surface area contributed by atoms with Gasteiger partial charge in [0.25, 0.3) is 0 Å². The van der Waals surface area contributed by atoms with Crippen LogP contribution in [0.25, 0.3) is 0 Å². The van der Waals surface area contributed by atoms with Gasteiger partial charge in [-0.3, -0.25) is 4.90 Å². The average Bonchev–Trinajstić information content (AvgIpc) is 3.10. The maximum atomic E-state index is 12.1. The highest BCUT2D eigenvalue weighted by atomic mass is 16.5. The number of anilines is 1. The van der Waals surface area contributed by atoms with Crippen molar-refractivity contribution in [1.29, 1.82) is 0 Å². The van der Waals surface area contributed by atoms with E-state index in [0.29, 0.717) is 19.1 Å². The highest BCUT2D eigenvalue weighted by Crippen LogP contribution is 2.18. The van der Waals surface area contributed by atoms with Gasteiger partial charge in [0.05, 0.1) is 6.61 Å². The predicted octanol–water partition coefficient (Wildman–Crippen LogP) is 3.48. The fourth-order valence-corrected chi connectivity index (χ4v) is 3.33. The molecule has 0 spiro atoms. The molecule has 2 amide bonds. The molecule has 1 atom stereocenters. The molecule has 0 aromatic heterocycles. The lowest BCUT2D eigenvalue weighted by atomic mass is 10.1. The highest BCUT2D eigenvalue weighted by molar-refractivity contribution is 5.89. The number of benzene rings is 2. The Morgan fingerprint density at radius 3 is 2.62 bits per heavy atom. The quantitative estimate of drug-likeness (QED) is 0.801. The van der Waals surface area contributed by atoms with Gasteiger partial charge in [0.1, 0.15) is 0 Å². The number of nitrogens with zero attached hydrogens (tertiary/aromatic N) is 1. The average molecular weight is 353 g/mol. The second-order valence-corrected chi connectivity index (χ2v) is 6.84. The Hall–Kier alpha value is -2.37. The number of hydrogen-bond donors (Lipinski definition) is 2. The zero-order valence-electron chi connectivity index (χ0n) is 15.3. The van der Waals surface area contributed by atoms with Crippen LogP contribution in [0.3, 0.4) is 0 Å². The molecule has 5 nitrogen and oxygen atoms in total. The van der Waals surface area contributed by atoms with Crippen LogP contribution in [0.15, 0.2) is 54.6 Å². The highest BCUT2D eigenvalue weighted by Gasteiger charge is 2.22. The summed E-state index contributed by atoms with van der Waals surface area (Å²) in [6.07, 6.45) is 1.12. The van der Waals surface area contributed by atoms with Crippen molar-refractivity contribution in [3.63, 3.8) is 0 Å². The van der Waals surface area contributed by atoms with Crippen molar-refractivity contribution >= 4 is 11.7 Å². The maximum absolute atomic E-state index is 12.1. The summed E-state index contributed by atoms with van der Waals surface area (Å²) in [6.45, 7) is 4.38. The molecule has 138 valence electrons. The third-order valence-corrected chi connectivity index (χ3v) is 4.69. The SMILES string of the molecule is COCc1ccc(NC(=O)NCC2CCN(Cc3ccccc3)C2)cc1. The second kappa shape index (κ2) is 9.36. The summed E-state index contributed by atoms with van der Waals surface area (Å²) in [5.74, 6) is 0.508. The number of ether oxygens (including phenoxy) is 1. The van der Waals surface area contributed by atoms with Gasteiger partial charge in [-0.1, -0.05) is 42.5 Å². The van der Waals surface area contributed by atoms with E-state index in [1.165, 1.54) is 5.56 Å². The van der Waals surface area contributed by atoms with Crippen LogP contribution in [0.2, 0.25) is 0 Å². The Bertz CT molecular complexity index is 688. The largest absolute Gasteiger partial charge is 0.380 e.